The van der Waals surface area contributed by atoms with Crippen molar-refractivity contribution >= 4 is 27.3 Å². The lowest BCUT2D eigenvalue weighted by Crippen LogP contribution is -2.28. The van der Waals surface area contributed by atoms with Crippen LogP contribution >= 0.6 is 0 Å². The Labute approximate surface area is 101 Å². The Balaban J connectivity index is 2.55. The molecule has 1 heterocycles. The van der Waals surface area contributed by atoms with Gasteiger partial charge in [0.25, 0.3) is 0 Å². The van der Waals surface area contributed by atoms with Gasteiger partial charge in [0.2, 0.25) is 10.0 Å². The number of nitrogens with zero attached hydrogens (tertiary/aromatic N) is 2. The number of nitrogen functional groups attached to an aromatic ring is 2. The van der Waals surface area contributed by atoms with Crippen molar-refractivity contribution in [1.82, 2.24) is 9.29 Å². The molecule has 5 N–H and O–H groups in total. The van der Waals surface area contributed by atoms with E-state index in [4.69, 9.17) is 11.5 Å². The van der Waals surface area contributed by atoms with Gasteiger partial charge in [-0.3, -0.25) is 0 Å². The molecule has 0 fully saturated rings. The van der Waals surface area contributed by atoms with Gasteiger partial charge in [-0.05, 0) is 12.1 Å². The van der Waals surface area contributed by atoms with E-state index in [-0.39, 0.29) is 18.1 Å². The van der Waals surface area contributed by atoms with E-state index in [0.717, 1.165) is 0 Å². The summed E-state index contributed by atoms with van der Waals surface area (Å²) in [6.45, 7) is 0.261. The first kappa shape index (κ1) is 13.5. The van der Waals surface area contributed by atoms with Crippen LogP contribution in [0.4, 0.5) is 17.3 Å². The van der Waals surface area contributed by atoms with E-state index >= 15 is 0 Å². The number of nitrogens with two attached hydrogens (primary N) is 2. The molecule has 8 heteroatoms. The zero-order chi connectivity index (χ0) is 13.1. The highest BCUT2D eigenvalue weighted by Crippen LogP contribution is 2.14. The summed E-state index contributed by atoms with van der Waals surface area (Å²) in [4.78, 5) is 3.97. The molecule has 17 heavy (non-hydrogen) atoms. The van der Waals surface area contributed by atoms with E-state index in [9.17, 15) is 8.42 Å². The van der Waals surface area contributed by atoms with Gasteiger partial charge in [-0.1, -0.05) is 0 Å². The van der Waals surface area contributed by atoms with Crippen LogP contribution in [0, 0.1) is 0 Å². The summed E-state index contributed by atoms with van der Waals surface area (Å²) in [7, 11) is -0.210. The standard InChI is InChI=1S/C9H17N5O2S/c1-14(2)17(15,16)6-5-12-8-4-3-7(10)9(11)13-8/h3-4H,5-6,10H2,1-2H3,(H3,11,12,13). The lowest BCUT2D eigenvalue weighted by Gasteiger charge is -2.12. The smallest absolute Gasteiger partial charge is 0.215 e. The van der Waals surface area contributed by atoms with Gasteiger partial charge < -0.3 is 16.8 Å². The number of aromatic nitrogens is 1. The van der Waals surface area contributed by atoms with Crippen LogP contribution in [0.3, 0.4) is 0 Å². The molecular weight excluding hydrogens is 242 g/mol. The highest BCUT2D eigenvalue weighted by molar-refractivity contribution is 7.89. The third kappa shape index (κ3) is 3.75. The monoisotopic (exact) mass is 259 g/mol. The van der Waals surface area contributed by atoms with Gasteiger partial charge in [-0.2, -0.15) is 0 Å². The highest BCUT2D eigenvalue weighted by atomic mass is 32.2. The lowest BCUT2D eigenvalue weighted by molar-refractivity contribution is 0.521. The molecule has 0 saturated heterocycles. The van der Waals surface area contributed by atoms with Crippen molar-refractivity contribution in [3.63, 3.8) is 0 Å². The Morgan fingerprint density at radius 1 is 1.35 bits per heavy atom. The first-order valence-corrected chi connectivity index (χ1v) is 6.60. The van der Waals surface area contributed by atoms with Crippen LogP contribution in [0.25, 0.3) is 0 Å². The minimum atomic E-state index is -3.20. The highest BCUT2D eigenvalue weighted by Gasteiger charge is 2.12. The van der Waals surface area contributed by atoms with E-state index in [0.29, 0.717) is 11.5 Å². The van der Waals surface area contributed by atoms with Gasteiger partial charge in [0.1, 0.15) is 11.6 Å². The van der Waals surface area contributed by atoms with Crippen molar-refractivity contribution in [3.8, 4) is 0 Å². The minimum Gasteiger partial charge on any atom is -0.396 e. The van der Waals surface area contributed by atoms with E-state index in [1.807, 2.05) is 0 Å². The average molecular weight is 259 g/mol. The van der Waals surface area contributed by atoms with Crippen molar-refractivity contribution in [1.29, 1.82) is 0 Å². The molecule has 0 spiro atoms. The number of nitrogens with one attached hydrogen (secondary N) is 1. The fraction of sp³-hybridized carbons (Fsp3) is 0.444. The normalized spacial score (nSPS) is 11.7. The number of pyridine rings is 1. The molecule has 0 aliphatic carbocycles. The van der Waals surface area contributed by atoms with Gasteiger partial charge in [-0.25, -0.2) is 17.7 Å². The largest absolute Gasteiger partial charge is 0.396 e. The third-order valence-electron chi connectivity index (χ3n) is 2.18. The summed E-state index contributed by atoms with van der Waals surface area (Å²) < 4.78 is 24.1. The number of sulfonamides is 1. The Morgan fingerprint density at radius 3 is 2.53 bits per heavy atom. The van der Waals surface area contributed by atoms with Crippen molar-refractivity contribution in [2.24, 2.45) is 0 Å². The van der Waals surface area contributed by atoms with Crippen LogP contribution in [-0.4, -0.2) is 44.1 Å². The lowest BCUT2D eigenvalue weighted by atomic mass is 10.4. The van der Waals surface area contributed by atoms with E-state index < -0.39 is 10.0 Å². The maximum Gasteiger partial charge on any atom is 0.215 e. The Kier molecular flexibility index (Phi) is 4.13. The summed E-state index contributed by atoms with van der Waals surface area (Å²) in [6, 6.07) is 3.26. The fourth-order valence-corrected chi connectivity index (χ4v) is 1.80. The van der Waals surface area contributed by atoms with Gasteiger partial charge >= 0.3 is 0 Å². The molecule has 0 amide bonds. The molecule has 7 nitrogen and oxygen atoms in total. The van der Waals surface area contributed by atoms with Gasteiger partial charge in [0.05, 0.1) is 11.4 Å². The van der Waals surface area contributed by atoms with Crippen LogP contribution in [-0.2, 0) is 10.0 Å². The predicted octanol–water partition coefficient (Wildman–Crippen LogP) is -0.451. The van der Waals surface area contributed by atoms with Crippen molar-refractivity contribution < 1.29 is 8.42 Å². The molecule has 1 rings (SSSR count). The van der Waals surface area contributed by atoms with E-state index in [1.54, 1.807) is 12.1 Å². The first-order chi connectivity index (χ1) is 7.83. The number of hydrogen-bond acceptors (Lipinski definition) is 6. The second-order valence-corrected chi connectivity index (χ2v) is 6.00. The second kappa shape index (κ2) is 5.19. The molecule has 1 aromatic heterocycles. The van der Waals surface area contributed by atoms with Crippen LogP contribution in [0.1, 0.15) is 0 Å². The summed E-state index contributed by atoms with van der Waals surface area (Å²) >= 11 is 0. The predicted molar refractivity (Wildman–Crippen MR) is 69.0 cm³/mol. The third-order valence-corrected chi connectivity index (χ3v) is 4.01. The quantitative estimate of drug-likeness (QED) is 0.660. The maximum absolute atomic E-state index is 11.5. The summed E-state index contributed by atoms with van der Waals surface area (Å²) in [5.41, 5.74) is 11.4. The Bertz CT molecular complexity index is 486. The topological polar surface area (TPSA) is 114 Å². The molecule has 0 atom stereocenters. The Morgan fingerprint density at radius 2 is 2.00 bits per heavy atom. The van der Waals surface area contributed by atoms with Crippen LogP contribution in [0.2, 0.25) is 0 Å². The summed E-state index contributed by atoms with van der Waals surface area (Å²) in [6.07, 6.45) is 0. The molecule has 0 aromatic carbocycles. The molecule has 0 bridgehead atoms. The van der Waals surface area contributed by atoms with Crippen molar-refractivity contribution in [2.45, 2.75) is 0 Å². The van der Waals surface area contributed by atoms with Crippen molar-refractivity contribution in [2.75, 3.05) is 43.2 Å². The SMILES string of the molecule is CN(C)S(=O)(=O)CCNc1ccc(N)c(N)n1. The van der Waals surface area contributed by atoms with Crippen molar-refractivity contribution in [3.05, 3.63) is 12.1 Å². The van der Waals surface area contributed by atoms with Gasteiger partial charge in [0, 0.05) is 20.6 Å². The van der Waals surface area contributed by atoms with Crippen LogP contribution in [0.15, 0.2) is 12.1 Å². The van der Waals surface area contributed by atoms with Crippen LogP contribution < -0.4 is 16.8 Å². The second-order valence-electron chi connectivity index (χ2n) is 3.70. The van der Waals surface area contributed by atoms with Crippen LogP contribution in [0.5, 0.6) is 0 Å². The number of anilines is 3. The summed E-state index contributed by atoms with van der Waals surface area (Å²) in [5, 5.41) is 2.87. The molecule has 0 unspecified atom stereocenters. The molecular formula is C9H17N5O2S. The zero-order valence-electron chi connectivity index (χ0n) is 9.84. The molecule has 0 radical (unpaired) electrons. The molecule has 0 saturated carbocycles. The average Bonchev–Trinajstić information content (AvgIpc) is 2.23. The molecule has 0 aliphatic rings. The number of hydrogen-bond donors (Lipinski definition) is 3. The minimum absolute atomic E-state index is 0.00798. The fourth-order valence-electron chi connectivity index (χ4n) is 1.07. The molecule has 0 aliphatic heterocycles. The van der Waals surface area contributed by atoms with E-state index in [1.165, 1.54) is 18.4 Å². The maximum atomic E-state index is 11.5. The molecule has 96 valence electrons. The summed E-state index contributed by atoms with van der Waals surface area (Å²) in [5.74, 6) is 0.725. The Hall–Kier alpha value is -1.54. The van der Waals surface area contributed by atoms with E-state index in [2.05, 4.69) is 10.3 Å². The zero-order valence-corrected chi connectivity index (χ0v) is 10.7. The van der Waals surface area contributed by atoms with Gasteiger partial charge in [-0.15, -0.1) is 0 Å². The molecule has 1 aromatic rings. The van der Waals surface area contributed by atoms with Gasteiger partial charge in [0.15, 0.2) is 0 Å². The first-order valence-electron chi connectivity index (χ1n) is 4.99. The number of rotatable bonds is 5.